The number of urea groups is 1. The second-order valence-electron chi connectivity index (χ2n) is 34.5. The third-order valence-electron chi connectivity index (χ3n) is 23.8. The molecule has 0 spiro atoms. The Morgan fingerprint density at radius 3 is 2.13 bits per heavy atom. The summed E-state index contributed by atoms with van der Waals surface area (Å²) >= 11 is 1.47. The first-order valence-corrected chi connectivity index (χ1v) is 46.2. The number of thiazole rings is 1. The average Bonchev–Trinajstić information content (AvgIpc) is 1.59. The van der Waals surface area contributed by atoms with E-state index in [1.807, 2.05) is 45.9 Å². The van der Waals surface area contributed by atoms with Crippen molar-refractivity contribution in [2.24, 2.45) is 23.6 Å². The molecule has 127 heavy (non-hydrogen) atoms. The Hall–Kier alpha value is -12.0. The Morgan fingerprint density at radius 1 is 0.787 bits per heavy atom. The van der Waals surface area contributed by atoms with Gasteiger partial charge in [-0.2, -0.15) is 0 Å². The van der Waals surface area contributed by atoms with Gasteiger partial charge in [0.15, 0.2) is 21.5 Å². The molecule has 12 rings (SSSR count). The minimum atomic E-state index is -3.72. The number of amides is 12. The zero-order chi connectivity index (χ0) is 91.0. The number of H-pyrrole nitrogens is 1. The molecule has 680 valence electrons. The molecule has 3 fully saturated rings. The number of rotatable bonds is 40. The summed E-state index contributed by atoms with van der Waals surface area (Å²) in [5.74, 6) is -6.35. The number of nitrogens with one attached hydrogen (secondary N) is 8. The van der Waals surface area contributed by atoms with Crippen molar-refractivity contribution in [1.82, 2.24) is 66.1 Å². The number of anilines is 3. The smallest absolute Gasteiger partial charge is 0.410 e. The van der Waals surface area contributed by atoms with Crippen LogP contribution in [0, 0.1) is 29.4 Å². The minimum Gasteiger partial charge on any atom is -0.490 e. The predicted molar refractivity (Wildman–Crippen MR) is 471 cm³/mol. The molecule has 4 aliphatic heterocycles. The van der Waals surface area contributed by atoms with E-state index < -0.39 is 110 Å². The van der Waals surface area contributed by atoms with E-state index in [4.69, 9.17) is 15.2 Å². The van der Waals surface area contributed by atoms with Crippen LogP contribution < -0.4 is 58.1 Å². The normalized spacial score (nSPS) is 16.6. The highest BCUT2D eigenvalue weighted by molar-refractivity contribution is 7.89. The first kappa shape index (κ1) is 94.1. The van der Waals surface area contributed by atoms with E-state index in [-0.39, 0.29) is 143 Å². The van der Waals surface area contributed by atoms with Gasteiger partial charge in [0.1, 0.15) is 53.3 Å². The summed E-state index contributed by atoms with van der Waals surface area (Å²) in [7, 11) is -2.14. The Kier molecular flexibility index (Phi) is 31.2. The van der Waals surface area contributed by atoms with Crippen LogP contribution in [0.3, 0.4) is 0 Å². The molecule has 11 N–H and O–H groups in total. The van der Waals surface area contributed by atoms with Crippen LogP contribution in [0.4, 0.5) is 35.6 Å². The number of unbranched alkanes of at least 4 members (excludes halogenated alkanes) is 9. The predicted octanol–water partition coefficient (Wildman–Crippen LogP) is 9.32. The molecule has 1 aliphatic carbocycles. The van der Waals surface area contributed by atoms with Gasteiger partial charge in [0, 0.05) is 155 Å². The van der Waals surface area contributed by atoms with Crippen LogP contribution in [0.1, 0.15) is 187 Å². The molecular formula is C90H112F2N16O17S2. The summed E-state index contributed by atoms with van der Waals surface area (Å²) in [6.07, 6.45) is 16.1. The highest BCUT2D eigenvalue weighted by atomic mass is 32.2. The van der Waals surface area contributed by atoms with Gasteiger partial charge in [0.2, 0.25) is 35.4 Å². The third kappa shape index (κ3) is 23.8. The SMILES string of the molecule is Cc1ncsc1-c1ccc(CNC(=O)[C@@H]2C[C@@H](O)CN2C(=O)[C@@H](NC(=O)CCCCCCCCCCNC(=O)c2cc3c(cc2CS(C)(=O)=O)-c2cn(C)c(=O)c4[nH]cc(c24)CN3c2ncc(F)cc2F)C(C)(C)C)c(OC2CCN(C(=O)OCc3ccc(NC(=O)[C@H](CCCNC(N)=O)NC(=O)C4(C(=O)NCCCCCN5C(=O)C=CC5=O)CCC4)cc3)CC2)c1. The van der Waals surface area contributed by atoms with Crippen molar-refractivity contribution in [3.63, 3.8) is 0 Å². The number of benzene rings is 3. The van der Waals surface area contributed by atoms with Crippen LogP contribution >= 0.6 is 11.3 Å². The van der Waals surface area contributed by atoms with Crippen molar-refractivity contribution >= 4 is 115 Å². The number of halogens is 2. The number of piperidine rings is 1. The summed E-state index contributed by atoms with van der Waals surface area (Å²) in [5, 5.41) is 31.5. The van der Waals surface area contributed by atoms with Crippen LogP contribution in [-0.2, 0) is 85.4 Å². The van der Waals surface area contributed by atoms with E-state index in [0.29, 0.717) is 121 Å². The molecule has 2 saturated heterocycles. The Bertz CT molecular complexity index is 5470. The van der Waals surface area contributed by atoms with Crippen molar-refractivity contribution in [3.8, 4) is 27.3 Å². The van der Waals surface area contributed by atoms with E-state index in [2.05, 4.69) is 52.2 Å². The van der Waals surface area contributed by atoms with Gasteiger partial charge >= 0.3 is 12.1 Å². The molecule has 5 aliphatic rings. The molecule has 12 amide bonds. The lowest BCUT2D eigenvalue weighted by atomic mass is 9.67. The van der Waals surface area contributed by atoms with Gasteiger partial charge in [-0.1, -0.05) is 90.0 Å². The summed E-state index contributed by atoms with van der Waals surface area (Å²) in [6, 6.07) is 12.1. The second-order valence-corrected chi connectivity index (χ2v) is 37.5. The molecule has 4 aromatic heterocycles. The van der Waals surface area contributed by atoms with Crippen molar-refractivity contribution in [1.29, 1.82) is 0 Å². The van der Waals surface area contributed by atoms with Crippen molar-refractivity contribution < 1.29 is 84.5 Å². The number of pyridine rings is 2. The number of carbonyl (C=O) groups excluding carboxylic acids is 11. The van der Waals surface area contributed by atoms with E-state index in [9.17, 15) is 75.4 Å². The number of aromatic amines is 1. The number of fused-ring (bicyclic) bond motifs is 2. The third-order valence-corrected chi connectivity index (χ3v) is 25.7. The molecule has 1 saturated carbocycles. The van der Waals surface area contributed by atoms with E-state index in [1.165, 1.54) is 43.9 Å². The maximum Gasteiger partial charge on any atom is 0.410 e. The van der Waals surface area contributed by atoms with Gasteiger partial charge in [-0.25, -0.2) is 36.8 Å². The fourth-order valence-corrected chi connectivity index (χ4v) is 18.3. The number of imide groups is 1. The topological polar surface area (TPSA) is 447 Å². The number of aliphatic hydroxyl groups is 1. The number of aryl methyl sites for hydroxylation is 2. The monoisotopic (exact) mass is 1790 g/mol. The van der Waals surface area contributed by atoms with E-state index >= 15 is 4.39 Å². The first-order valence-electron chi connectivity index (χ1n) is 43.3. The van der Waals surface area contributed by atoms with Gasteiger partial charge in [0.25, 0.3) is 23.3 Å². The van der Waals surface area contributed by atoms with Crippen LogP contribution in [0.25, 0.3) is 32.5 Å². The summed E-state index contributed by atoms with van der Waals surface area (Å²) in [6.45, 7) is 8.62. The maximum atomic E-state index is 15.7. The van der Waals surface area contributed by atoms with Crippen LogP contribution in [0.5, 0.6) is 5.75 Å². The number of sulfone groups is 1. The minimum absolute atomic E-state index is 0.00778. The van der Waals surface area contributed by atoms with Crippen LogP contribution in [-0.4, -0.2) is 195 Å². The Morgan fingerprint density at radius 2 is 1.47 bits per heavy atom. The number of hydrogen-bond acceptors (Lipinski definition) is 21. The molecule has 7 aromatic rings. The van der Waals surface area contributed by atoms with Gasteiger partial charge in [-0.05, 0) is 123 Å². The molecule has 3 aromatic carbocycles. The molecular weight excluding hydrogens is 1680 g/mol. The number of primary amides is 1. The van der Waals surface area contributed by atoms with Crippen molar-refractivity contribution in [3.05, 3.63) is 152 Å². The number of likely N-dealkylation sites (tertiary alicyclic amines) is 2. The molecule has 0 radical (unpaired) electrons. The molecule has 0 unspecified atom stereocenters. The van der Waals surface area contributed by atoms with E-state index in [1.54, 1.807) is 60.2 Å². The lowest BCUT2D eigenvalue weighted by Gasteiger charge is -2.39. The second kappa shape index (κ2) is 42.1. The number of nitrogens with zero attached hydrogens (tertiary/aromatic N) is 7. The largest absolute Gasteiger partial charge is 0.490 e. The van der Waals surface area contributed by atoms with Crippen molar-refractivity contribution in [2.45, 2.75) is 212 Å². The quantitative estimate of drug-likeness (QED) is 0.00970. The number of aliphatic hydroxyl groups excluding tert-OH is 1. The van der Waals surface area contributed by atoms with Crippen LogP contribution in [0.15, 0.2) is 102 Å². The lowest BCUT2D eigenvalue weighted by molar-refractivity contribution is -0.151. The van der Waals surface area contributed by atoms with Crippen molar-refractivity contribution in [2.75, 3.05) is 62.3 Å². The molecule has 0 bridgehead atoms. The number of carbonyl (C=O) groups is 11. The molecule has 4 atom stereocenters. The summed E-state index contributed by atoms with van der Waals surface area (Å²) in [4.78, 5) is 178. The fraction of sp³-hybridized carbons (Fsp3) is 0.489. The van der Waals surface area contributed by atoms with Gasteiger partial charge in [0.05, 0.1) is 46.4 Å². The number of ether oxygens (including phenoxy) is 2. The lowest BCUT2D eigenvalue weighted by Crippen LogP contribution is -2.58. The van der Waals surface area contributed by atoms with E-state index in [0.717, 1.165) is 72.0 Å². The molecule has 33 nitrogen and oxygen atoms in total. The first-order chi connectivity index (χ1) is 60.6. The van der Waals surface area contributed by atoms with Gasteiger partial charge in [-0.3, -0.25) is 52.8 Å². The number of hydrogen-bond donors (Lipinski definition) is 10. The highest BCUT2D eigenvalue weighted by Gasteiger charge is 2.52. The zero-order valence-electron chi connectivity index (χ0n) is 72.3. The fourth-order valence-electron chi connectivity index (χ4n) is 16.7. The summed E-state index contributed by atoms with van der Waals surface area (Å²) < 4.78 is 69.7. The number of β-amino-alcohol motifs (C(OH)–C–C–N with tert-alkyl or cyclic N) is 1. The standard InChI is InChI=1S/C90H112F2N16O17S2/c1-54-77(126-53-100-54)56-24-25-57(71(41-56)125-63-30-38-105(39-31-63)88(121)124-51-55-22-26-61(27-23-55)101-81(114)68(20-18-36-96-87(93)120)102-86(119)90(32-19-33-90)85(118)95-35-16-13-17-37-106-73(111)28-29-74(106)112)45-99-82(115)70-43-62(109)49-108(70)84(117)78(89(2,3)4)103-72(110)21-14-11-9-7-8-10-12-15-34-94-80(113)64-44-69-65(40-58(64)52-127(6,122)123)66-50-104(5)83(116)76-75(66)59(46-97-76)48-107(69)79-67(92)42-60(91)47-98-79/h22-29,40-42,44,46-47,50,53,62-63,68,70,78,97,109H,7-21,30-39,43,45,48-49,51-52H2,1-6H3,(H,94,113)(H,95,118)(H,99,115)(H,101,114)(H,102,119)(H,103,110)(H3,93,96,120)/t62-,68+,70+,78-/m1/s1. The zero-order valence-corrected chi connectivity index (χ0v) is 73.9. The molecule has 8 heterocycles. The Labute approximate surface area is 738 Å². The van der Waals surface area contributed by atoms with Crippen LogP contribution in [0.2, 0.25) is 0 Å². The summed E-state index contributed by atoms with van der Waals surface area (Å²) in [5.41, 5.74) is 10.1. The van der Waals surface area contributed by atoms with Gasteiger partial charge in [-0.15, -0.1) is 11.3 Å². The van der Waals surface area contributed by atoms with Gasteiger partial charge < -0.3 is 81.8 Å². The molecule has 37 heteroatoms. The highest BCUT2D eigenvalue weighted by Crippen LogP contribution is 2.46. The number of nitrogens with two attached hydrogens (primary N) is 1. The number of aromatic nitrogens is 4. The Balaban J connectivity index is 0.572. The maximum absolute atomic E-state index is 15.7. The average molecular weight is 1790 g/mol.